The summed E-state index contributed by atoms with van der Waals surface area (Å²) in [6.45, 7) is 0.733. The Kier molecular flexibility index (Phi) is 5.67. The molecule has 0 bridgehead atoms. The second kappa shape index (κ2) is 8.44. The molecule has 1 N–H and O–H groups in total. The first kappa shape index (κ1) is 24.2. The number of benzene rings is 1. The molecule has 3 aromatic rings. The van der Waals surface area contributed by atoms with Crippen molar-refractivity contribution in [2.24, 2.45) is 0 Å². The zero-order valence-electron chi connectivity index (χ0n) is 18.7. The first-order valence-electron chi connectivity index (χ1n) is 11.4. The summed E-state index contributed by atoms with van der Waals surface area (Å²) in [6, 6.07) is 2.25. The van der Waals surface area contributed by atoms with Crippen molar-refractivity contribution in [1.82, 2.24) is 24.6 Å². The van der Waals surface area contributed by atoms with E-state index < -0.39 is 33.9 Å². The zero-order valence-corrected chi connectivity index (χ0v) is 21.0. The lowest BCUT2D eigenvalue weighted by Gasteiger charge is -2.42. The standard InChI is InChI=1S/C22H21Cl2F3N6O2S/c23-15-3-11-6-28-21(31-18-7-29-33(20(18)24)19-5-22(19,26)27)30-17(11)4-14(15)13-1-2-32(8-16(13)25)12-9-36(34,35)10-12/h3-4,6-7,12-13,16,19H,1-2,5,8-10H2,(H,28,30,31). The molecule has 1 aliphatic carbocycles. The van der Waals surface area contributed by atoms with Crippen LogP contribution in [0.2, 0.25) is 10.2 Å². The number of rotatable bonds is 5. The maximum Gasteiger partial charge on any atom is 0.272 e. The van der Waals surface area contributed by atoms with Gasteiger partial charge in [0.1, 0.15) is 12.2 Å². The lowest BCUT2D eigenvalue weighted by Crippen LogP contribution is -2.57. The van der Waals surface area contributed by atoms with E-state index in [4.69, 9.17) is 23.2 Å². The van der Waals surface area contributed by atoms with Crippen LogP contribution in [0.5, 0.6) is 0 Å². The number of sulfone groups is 1. The van der Waals surface area contributed by atoms with Gasteiger partial charge in [-0.15, -0.1) is 0 Å². The van der Waals surface area contributed by atoms with E-state index in [0.29, 0.717) is 40.1 Å². The van der Waals surface area contributed by atoms with Crippen LogP contribution in [0.1, 0.15) is 30.4 Å². The predicted octanol–water partition coefficient (Wildman–Crippen LogP) is 4.38. The number of nitrogens with zero attached hydrogens (tertiary/aromatic N) is 5. The third kappa shape index (κ3) is 4.31. The SMILES string of the molecule is O=S1(=O)CC(N2CCC(c3cc4nc(Nc5cnn(C6CC6(F)F)c5Cl)ncc4cc3Cl)C(F)C2)C1. The number of fused-ring (bicyclic) bond motifs is 1. The van der Waals surface area contributed by atoms with E-state index >= 15 is 4.39 Å². The van der Waals surface area contributed by atoms with E-state index in [9.17, 15) is 17.2 Å². The molecule has 1 saturated carbocycles. The van der Waals surface area contributed by atoms with Gasteiger partial charge in [0.05, 0.1) is 28.9 Å². The fourth-order valence-electron chi connectivity index (χ4n) is 5.00. The molecule has 3 fully saturated rings. The molecule has 3 aliphatic rings. The van der Waals surface area contributed by atoms with Gasteiger partial charge in [-0.1, -0.05) is 23.2 Å². The van der Waals surface area contributed by atoms with Gasteiger partial charge in [0, 0.05) is 41.5 Å². The molecule has 0 spiro atoms. The Morgan fingerprint density at radius 2 is 1.92 bits per heavy atom. The summed E-state index contributed by atoms with van der Waals surface area (Å²) in [6.07, 6.45) is 1.88. The topological polar surface area (TPSA) is 93.0 Å². The van der Waals surface area contributed by atoms with Crippen LogP contribution in [0.4, 0.5) is 24.8 Å². The van der Waals surface area contributed by atoms with Crippen LogP contribution < -0.4 is 5.32 Å². The van der Waals surface area contributed by atoms with E-state index in [1.807, 2.05) is 4.90 Å². The van der Waals surface area contributed by atoms with Crippen LogP contribution >= 0.6 is 23.2 Å². The molecular formula is C22H21Cl2F3N6O2S. The molecule has 4 heterocycles. The molecule has 2 aliphatic heterocycles. The minimum Gasteiger partial charge on any atom is -0.320 e. The summed E-state index contributed by atoms with van der Waals surface area (Å²) in [5, 5.41) is 7.96. The summed E-state index contributed by atoms with van der Waals surface area (Å²) in [4.78, 5) is 10.6. The lowest BCUT2D eigenvalue weighted by molar-refractivity contribution is 0.0912. The molecule has 6 rings (SSSR count). The largest absolute Gasteiger partial charge is 0.320 e. The highest BCUT2D eigenvalue weighted by atomic mass is 35.5. The predicted molar refractivity (Wildman–Crippen MR) is 130 cm³/mol. The highest BCUT2D eigenvalue weighted by Crippen LogP contribution is 2.53. The number of aromatic nitrogens is 4. The first-order chi connectivity index (χ1) is 17.0. The van der Waals surface area contributed by atoms with E-state index in [1.165, 1.54) is 6.20 Å². The fraction of sp³-hybridized carbons (Fsp3) is 0.500. The Morgan fingerprint density at radius 1 is 1.17 bits per heavy atom. The molecule has 36 heavy (non-hydrogen) atoms. The normalized spacial score (nSPS) is 27.6. The summed E-state index contributed by atoms with van der Waals surface area (Å²) < 4.78 is 66.1. The Hall–Kier alpha value is -2.15. The van der Waals surface area contributed by atoms with Crippen molar-refractivity contribution >= 4 is 55.6 Å². The van der Waals surface area contributed by atoms with Gasteiger partial charge >= 0.3 is 0 Å². The molecule has 0 amide bonds. The third-order valence-electron chi connectivity index (χ3n) is 7.15. The number of piperidine rings is 1. The molecule has 3 unspecified atom stereocenters. The van der Waals surface area contributed by atoms with Crippen molar-refractivity contribution in [3.63, 3.8) is 0 Å². The average molecular weight is 561 g/mol. The van der Waals surface area contributed by atoms with Gasteiger partial charge in [-0.2, -0.15) is 5.10 Å². The van der Waals surface area contributed by atoms with Gasteiger partial charge < -0.3 is 5.32 Å². The summed E-state index contributed by atoms with van der Waals surface area (Å²) >= 11 is 12.7. The van der Waals surface area contributed by atoms with Gasteiger partial charge in [0.15, 0.2) is 15.0 Å². The lowest BCUT2D eigenvalue weighted by atomic mass is 9.87. The number of anilines is 2. The number of halogens is 5. The molecule has 192 valence electrons. The summed E-state index contributed by atoms with van der Waals surface area (Å²) in [7, 11) is -2.98. The third-order valence-corrected chi connectivity index (χ3v) is 9.64. The number of hydrogen-bond donors (Lipinski definition) is 1. The second-order valence-corrected chi connectivity index (χ2v) is 12.6. The number of hydrogen-bond acceptors (Lipinski definition) is 7. The Morgan fingerprint density at radius 3 is 2.58 bits per heavy atom. The maximum atomic E-state index is 15.2. The monoisotopic (exact) mass is 560 g/mol. The molecule has 14 heteroatoms. The van der Waals surface area contributed by atoms with Crippen molar-refractivity contribution < 1.29 is 21.6 Å². The van der Waals surface area contributed by atoms with Crippen molar-refractivity contribution in [2.75, 3.05) is 29.9 Å². The first-order valence-corrected chi connectivity index (χ1v) is 14.0. The molecule has 2 aromatic heterocycles. The van der Waals surface area contributed by atoms with Gasteiger partial charge in [-0.3, -0.25) is 4.90 Å². The van der Waals surface area contributed by atoms with Crippen molar-refractivity contribution in [3.8, 4) is 0 Å². The minimum atomic E-state index is -2.98. The average Bonchev–Trinajstić information content (AvgIpc) is 3.28. The molecule has 0 radical (unpaired) electrons. The van der Waals surface area contributed by atoms with Crippen LogP contribution in [0.15, 0.2) is 24.5 Å². The van der Waals surface area contributed by atoms with Gasteiger partial charge in [-0.25, -0.2) is 36.2 Å². The minimum absolute atomic E-state index is 0.0314. The molecule has 1 aromatic carbocycles. The van der Waals surface area contributed by atoms with Crippen LogP contribution in [-0.4, -0.2) is 75.8 Å². The number of likely N-dealkylation sites (tertiary alicyclic amines) is 1. The molecular weight excluding hydrogens is 540 g/mol. The Labute approximate surface area is 214 Å². The maximum absolute atomic E-state index is 15.2. The molecule has 2 saturated heterocycles. The van der Waals surface area contributed by atoms with E-state index in [1.54, 1.807) is 18.3 Å². The van der Waals surface area contributed by atoms with E-state index in [2.05, 4.69) is 20.4 Å². The van der Waals surface area contributed by atoms with Crippen LogP contribution in [-0.2, 0) is 9.84 Å². The Balaban J connectivity index is 1.21. The van der Waals surface area contributed by atoms with Crippen molar-refractivity contribution in [2.45, 2.75) is 42.9 Å². The summed E-state index contributed by atoms with van der Waals surface area (Å²) in [5.41, 5.74) is 1.45. The highest BCUT2D eigenvalue weighted by Gasteiger charge is 2.59. The van der Waals surface area contributed by atoms with Gasteiger partial charge in [0.2, 0.25) is 5.95 Å². The quantitative estimate of drug-likeness (QED) is 0.495. The van der Waals surface area contributed by atoms with Crippen LogP contribution in [0.3, 0.4) is 0 Å². The van der Waals surface area contributed by atoms with E-state index in [0.717, 1.165) is 4.68 Å². The van der Waals surface area contributed by atoms with E-state index in [-0.39, 0.29) is 41.6 Å². The fourth-order valence-corrected chi connectivity index (χ4v) is 7.07. The van der Waals surface area contributed by atoms with Crippen molar-refractivity contribution in [1.29, 1.82) is 0 Å². The van der Waals surface area contributed by atoms with Gasteiger partial charge in [0.25, 0.3) is 5.92 Å². The highest BCUT2D eigenvalue weighted by molar-refractivity contribution is 7.92. The zero-order chi connectivity index (χ0) is 25.4. The number of nitrogens with one attached hydrogen (secondary N) is 1. The summed E-state index contributed by atoms with van der Waals surface area (Å²) in [5.74, 6) is -2.92. The second-order valence-electron chi connectivity index (χ2n) is 9.66. The van der Waals surface area contributed by atoms with Crippen molar-refractivity contribution in [3.05, 3.63) is 40.3 Å². The Bertz CT molecular complexity index is 1460. The molecule has 3 atom stereocenters. The number of alkyl halides is 3. The van der Waals surface area contributed by atoms with Crippen LogP contribution in [0, 0.1) is 0 Å². The van der Waals surface area contributed by atoms with Crippen LogP contribution in [0.25, 0.3) is 10.9 Å². The van der Waals surface area contributed by atoms with Gasteiger partial charge in [-0.05, 0) is 30.7 Å². The molecule has 8 nitrogen and oxygen atoms in total. The smallest absolute Gasteiger partial charge is 0.272 e.